The second kappa shape index (κ2) is 26.0. The molecule has 22 atom stereocenters. The largest absolute Gasteiger partial charge is 0.506 e. The average molecular weight is 1370 g/mol. The van der Waals surface area contributed by atoms with Crippen molar-refractivity contribution in [3.05, 3.63) is 109 Å². The number of aliphatic hydroxyl groups is 4. The first-order chi connectivity index (χ1) is 46.4. The fourth-order valence-electron chi connectivity index (χ4n) is 17.2. The number of carbonyl (C=O) groups excluding carboxylic acids is 2. The lowest BCUT2D eigenvalue weighted by Crippen LogP contribution is -2.68. The highest BCUT2D eigenvalue weighted by Crippen LogP contribution is 2.63. The third-order valence-corrected chi connectivity index (χ3v) is 21.6. The molecular weight excluding hydrogens is 1280 g/mol. The maximum Gasteiger partial charge on any atom is 0.333 e. The standard InChI is InChI=1S/C68H80N6O24/c1-13-67(97-37-21-33(89-11)57(81)25(5)93-37)51(63(87)45-43-47(61(85)41-29(77)17-15-27(75)39(41)59(43)83)53(71-69)49(45)65(67)95-35-19-31(79)55(73(7)8)23(3)91-35)52-64(88)46-44-48(62(86)42-30(78)18-16-28(76)40(42)60(44)84)54(72-70)50(46)66(96-36-20-32(80)56(74(9)10)24(4)92-36)68(52,14-2)98-38-22-34(90-12)58(82)26(6)94-38/h15-18,23-26,31-38,51-52,55-58,65-66,79-86H,13-14,19-22H2,1-12H3/t23-,24-,25-,26+,31-,32-,33-,34+,35+,36+,37+,38-,51+,52+,55-,56-,57-,58+,65-,66-,67+,68+/m1/s1. The summed E-state index contributed by atoms with van der Waals surface area (Å²) in [6, 6.07) is 1.96. The van der Waals surface area contributed by atoms with Gasteiger partial charge in [-0.25, -0.2) is 0 Å². The Morgan fingerprint density at radius 3 is 1.06 bits per heavy atom. The number of phenolic OH excluding ortho intramolecular Hbond substituents is 4. The molecule has 4 aliphatic heterocycles. The zero-order valence-electron chi connectivity index (χ0n) is 55.9. The lowest BCUT2D eigenvalue weighted by molar-refractivity contribution is -0.352. The van der Waals surface area contributed by atoms with Gasteiger partial charge in [-0.2, -0.15) is 9.58 Å². The van der Waals surface area contributed by atoms with Crippen molar-refractivity contribution in [1.29, 1.82) is 0 Å². The molecule has 30 nitrogen and oxygen atoms in total. The number of aliphatic hydroxyl groups excluding tert-OH is 4. The zero-order chi connectivity index (χ0) is 71.1. The summed E-state index contributed by atoms with van der Waals surface area (Å²) in [6.45, 7) is 9.33. The van der Waals surface area contributed by atoms with E-state index in [4.69, 9.17) is 47.4 Å². The quantitative estimate of drug-likeness (QED) is 0.0407. The second-order valence-corrected chi connectivity index (χ2v) is 27.2. The number of hydrogen-bond donors (Lipinski definition) is 8. The number of phenols is 4. The summed E-state index contributed by atoms with van der Waals surface area (Å²) in [6.07, 6.45) is -24.5. The van der Waals surface area contributed by atoms with Gasteiger partial charge >= 0.3 is 10.7 Å². The molecule has 0 aromatic heterocycles. The minimum absolute atomic E-state index is 0.351. The number of fused-ring (bicyclic) bond motifs is 8. The van der Waals surface area contributed by atoms with Gasteiger partial charge in [0.2, 0.25) is 0 Å². The second-order valence-electron chi connectivity index (χ2n) is 27.2. The van der Waals surface area contributed by atoms with Gasteiger partial charge in [-0.15, -0.1) is 0 Å². The van der Waals surface area contributed by atoms with E-state index >= 15 is 9.59 Å². The molecule has 0 radical (unpaired) electrons. The van der Waals surface area contributed by atoms with Crippen LogP contribution in [0.15, 0.2) is 43.4 Å². The summed E-state index contributed by atoms with van der Waals surface area (Å²) in [5.41, 5.74) is 11.4. The van der Waals surface area contributed by atoms with Crippen LogP contribution in [0.3, 0.4) is 0 Å². The van der Waals surface area contributed by atoms with Crippen LogP contribution in [-0.4, -0.2) is 224 Å². The van der Waals surface area contributed by atoms with Crippen molar-refractivity contribution >= 4 is 54.7 Å². The minimum Gasteiger partial charge on any atom is -0.506 e. The first-order valence-electron chi connectivity index (χ1n) is 32.6. The molecule has 0 saturated carbocycles. The molecule has 0 bridgehead atoms. The maximum atomic E-state index is 17.9. The Morgan fingerprint density at radius 2 is 0.786 bits per heavy atom. The summed E-state index contributed by atoms with van der Waals surface area (Å²) in [5, 5.41) is 90.9. The van der Waals surface area contributed by atoms with Crippen LogP contribution in [0.5, 0.6) is 23.0 Å². The zero-order valence-corrected chi connectivity index (χ0v) is 55.9. The Morgan fingerprint density at radius 1 is 0.480 bits per heavy atom. The molecule has 6 aliphatic rings. The Balaban J connectivity index is 1.27. The number of aromatic hydroxyl groups is 4. The molecule has 0 spiro atoms. The Bertz CT molecular complexity index is 4300. The molecule has 4 heterocycles. The van der Waals surface area contributed by atoms with E-state index in [1.54, 1.807) is 51.8 Å². The number of ether oxygens (including phenoxy) is 10. The number of likely N-dealkylation sites (N-methyl/N-ethyl adjacent to an activating group) is 2. The third kappa shape index (κ3) is 10.5. The van der Waals surface area contributed by atoms with E-state index in [0.29, 0.717) is 0 Å². The van der Waals surface area contributed by atoms with Crippen LogP contribution in [0.2, 0.25) is 0 Å². The minimum atomic E-state index is -2.67. The van der Waals surface area contributed by atoms with Crippen LogP contribution in [0.25, 0.3) is 54.2 Å². The van der Waals surface area contributed by atoms with Crippen molar-refractivity contribution in [3.63, 3.8) is 0 Å². The number of benzene rings is 4. The smallest absolute Gasteiger partial charge is 0.333 e. The van der Waals surface area contributed by atoms with Crippen molar-refractivity contribution < 1.29 is 107 Å². The lowest BCUT2D eigenvalue weighted by Gasteiger charge is -2.58. The average Bonchev–Trinajstić information content (AvgIpc) is 1.66. The SMILES string of the molecule is CC[C@@]1(O[C@@H]2C[C@H](OC)[C@@H](O)[C@H](C)O2)[C@H](O[C@H]2C[C@@H](O)[C@H](N(C)C)[C@@H](C)O2)c2c(c3c(O)c4c(=O)ccc(=O)c4c(O)c3c2=[N+]=[N-])C(=O)[C@@H]1[C@H]1C(=O)c2c(c(=[N+]=[N-])c3c(O)c4c(=O)ccc(=O)c4c(O)c23)[C@@H](O[C@H]2C[C@@H](O)[C@H](N(C)C)[C@@H](C)O2)[C@@]1(CC)O[C@H]1C[C@@H](OC)[C@H](O)[C@@H](C)O1. The van der Waals surface area contributed by atoms with Gasteiger partial charge in [0.15, 0.2) is 58.4 Å². The summed E-state index contributed by atoms with van der Waals surface area (Å²) >= 11 is 0. The maximum absolute atomic E-state index is 17.9. The van der Waals surface area contributed by atoms with Crippen molar-refractivity contribution in [3.8, 4) is 23.0 Å². The molecule has 0 unspecified atom stereocenters. The number of ketones is 2. The van der Waals surface area contributed by atoms with Gasteiger partial charge in [0.25, 0.3) is 0 Å². The molecule has 4 saturated heterocycles. The lowest BCUT2D eigenvalue weighted by atomic mass is 9.55. The number of nitrogens with zero attached hydrogens (tertiary/aromatic N) is 6. The molecule has 4 fully saturated rings. The molecule has 8 N–H and O–H groups in total. The van der Waals surface area contributed by atoms with Crippen LogP contribution in [0.1, 0.15) is 124 Å². The first-order valence-corrected chi connectivity index (χ1v) is 32.6. The van der Waals surface area contributed by atoms with Gasteiger partial charge in [0.1, 0.15) is 69.4 Å². The van der Waals surface area contributed by atoms with Crippen LogP contribution in [-0.2, 0) is 47.4 Å². The van der Waals surface area contributed by atoms with Crippen molar-refractivity contribution in [1.82, 2.24) is 9.80 Å². The third-order valence-electron chi connectivity index (χ3n) is 21.6. The molecular formula is C68H80N6O24. The molecule has 30 heteroatoms. The van der Waals surface area contributed by atoms with Gasteiger partial charge in [0.05, 0.1) is 105 Å². The fraction of sp³-hybridized carbons (Fsp3) is 0.588. The number of methoxy groups -OCH3 is 2. The van der Waals surface area contributed by atoms with Crippen molar-refractivity contribution in [2.45, 2.75) is 202 Å². The van der Waals surface area contributed by atoms with E-state index in [2.05, 4.69) is 9.58 Å². The highest BCUT2D eigenvalue weighted by molar-refractivity contribution is 6.25. The summed E-state index contributed by atoms with van der Waals surface area (Å²) in [5.74, 6) is -11.6. The van der Waals surface area contributed by atoms with Crippen LogP contribution in [0, 0.1) is 11.8 Å². The van der Waals surface area contributed by atoms with Gasteiger partial charge in [0, 0.05) is 61.8 Å². The molecule has 0 amide bonds. The van der Waals surface area contributed by atoms with Gasteiger partial charge < -0.3 is 109 Å². The van der Waals surface area contributed by atoms with Crippen molar-refractivity contribution in [2.75, 3.05) is 42.4 Å². The van der Waals surface area contributed by atoms with E-state index in [1.165, 1.54) is 41.9 Å². The number of rotatable bonds is 15. The molecule has 2 aliphatic carbocycles. The van der Waals surface area contributed by atoms with E-state index in [-0.39, 0.29) is 25.7 Å². The Hall–Kier alpha value is -7.26. The number of carbonyl (C=O) groups is 2. The fourth-order valence-corrected chi connectivity index (χ4v) is 17.2. The van der Waals surface area contributed by atoms with E-state index < -0.39 is 279 Å². The molecule has 6 aromatic carbocycles. The highest BCUT2D eigenvalue weighted by atomic mass is 16.7. The van der Waals surface area contributed by atoms with Crippen LogP contribution < -0.4 is 32.4 Å². The monoisotopic (exact) mass is 1360 g/mol. The molecule has 526 valence electrons. The topological polar surface area (TPSA) is 436 Å². The first kappa shape index (κ1) is 70.6. The highest BCUT2D eigenvalue weighted by Gasteiger charge is 2.71. The molecule has 98 heavy (non-hydrogen) atoms. The summed E-state index contributed by atoms with van der Waals surface area (Å²) in [7, 11) is 9.47. The van der Waals surface area contributed by atoms with Crippen LogP contribution >= 0.6 is 0 Å². The Labute approximate surface area is 558 Å². The van der Waals surface area contributed by atoms with E-state index in [0.717, 1.165) is 24.3 Å². The van der Waals surface area contributed by atoms with Gasteiger partial charge in [-0.1, -0.05) is 13.8 Å². The van der Waals surface area contributed by atoms with E-state index in [1.807, 2.05) is 0 Å². The van der Waals surface area contributed by atoms with Gasteiger partial charge in [-0.05, 0) is 93.0 Å². The van der Waals surface area contributed by atoms with Crippen molar-refractivity contribution in [2.24, 2.45) is 11.8 Å². The summed E-state index contributed by atoms with van der Waals surface area (Å²) < 4.78 is 67.5. The van der Waals surface area contributed by atoms with Crippen LogP contribution in [0.4, 0.5) is 0 Å². The van der Waals surface area contributed by atoms with E-state index in [9.17, 15) is 71.1 Å². The predicted octanol–water partition coefficient (Wildman–Crippen LogP) is 1.22. The molecule has 6 aromatic rings. The number of Topliss-reactive ketones (excluding diaryl/α,β-unsaturated/α-hetero) is 2. The normalized spacial score (nSPS) is 35.4. The number of hydrogen-bond acceptors (Lipinski definition) is 26. The molecule has 12 rings (SSSR count). The van der Waals surface area contributed by atoms with Gasteiger partial charge in [-0.3, -0.25) is 28.8 Å². The summed E-state index contributed by atoms with van der Waals surface area (Å²) in [4.78, 5) is 103. The Kier molecular flexibility index (Phi) is 18.8. The predicted molar refractivity (Wildman–Crippen MR) is 341 cm³/mol.